The number of hydrogen-bond acceptors (Lipinski definition) is 5. The largest absolute Gasteiger partial charge is 0.490 e. The zero-order chi connectivity index (χ0) is 23.4. The van der Waals surface area contributed by atoms with E-state index in [4.69, 9.17) is 32.7 Å². The van der Waals surface area contributed by atoms with Crippen molar-refractivity contribution in [2.75, 3.05) is 24.0 Å². The van der Waals surface area contributed by atoms with Gasteiger partial charge in [-0.3, -0.25) is 9.10 Å². The average molecular weight is 507 g/mol. The molecule has 0 radical (unpaired) electrons. The topological polar surface area (TPSA) is 84.9 Å². The first kappa shape index (κ1) is 23.2. The average Bonchev–Trinajstić information content (AvgIpc) is 2.82. The number of hydrogen-bond donors (Lipinski definition) is 1. The fraction of sp³-hybridized carbons (Fsp3) is 0.174. The molecule has 0 saturated heterocycles. The number of anilines is 1. The van der Waals surface area contributed by atoms with Gasteiger partial charge in [-0.2, -0.15) is 0 Å². The van der Waals surface area contributed by atoms with Gasteiger partial charge in [-0.15, -0.1) is 0 Å². The van der Waals surface area contributed by atoms with Crippen molar-refractivity contribution in [3.63, 3.8) is 0 Å². The predicted octanol–water partition coefficient (Wildman–Crippen LogP) is 4.14. The molecule has 0 bridgehead atoms. The quantitative estimate of drug-likeness (QED) is 0.486. The van der Waals surface area contributed by atoms with Crippen LogP contribution in [0.3, 0.4) is 0 Å². The SMILES string of the molecule is O=C(NCCOc1ccccc1Cl)[C@@H]1CN(S(=O)(=O)c2ccc(Cl)cc2)c2ccccc2O1. The Kier molecular flexibility index (Phi) is 6.97. The van der Waals surface area contributed by atoms with Crippen LogP contribution in [0.2, 0.25) is 10.0 Å². The van der Waals surface area contributed by atoms with Gasteiger partial charge in [0.15, 0.2) is 6.10 Å². The summed E-state index contributed by atoms with van der Waals surface area (Å²) in [5.74, 6) is 0.355. The number of sulfonamides is 1. The van der Waals surface area contributed by atoms with Crippen molar-refractivity contribution in [1.29, 1.82) is 0 Å². The Morgan fingerprint density at radius 3 is 2.48 bits per heavy atom. The van der Waals surface area contributed by atoms with Gasteiger partial charge in [0.1, 0.15) is 18.1 Å². The molecule has 1 atom stereocenters. The van der Waals surface area contributed by atoms with Gasteiger partial charge in [-0.25, -0.2) is 8.42 Å². The summed E-state index contributed by atoms with van der Waals surface area (Å²) < 4.78 is 39.2. The van der Waals surface area contributed by atoms with Crippen molar-refractivity contribution in [2.45, 2.75) is 11.0 Å². The number of benzene rings is 3. The zero-order valence-electron chi connectivity index (χ0n) is 17.3. The fourth-order valence-corrected chi connectivity index (χ4v) is 5.10. The Hall–Kier alpha value is -2.94. The van der Waals surface area contributed by atoms with Crippen LogP contribution in [0.25, 0.3) is 0 Å². The van der Waals surface area contributed by atoms with Gasteiger partial charge in [0, 0.05) is 5.02 Å². The molecule has 0 fully saturated rings. The summed E-state index contributed by atoms with van der Waals surface area (Å²) in [4.78, 5) is 12.8. The molecule has 0 unspecified atom stereocenters. The van der Waals surface area contributed by atoms with Gasteiger partial charge in [-0.1, -0.05) is 47.5 Å². The maximum Gasteiger partial charge on any atom is 0.264 e. The fourth-order valence-electron chi connectivity index (χ4n) is 3.31. The van der Waals surface area contributed by atoms with E-state index in [1.54, 1.807) is 48.5 Å². The lowest BCUT2D eigenvalue weighted by Gasteiger charge is -2.34. The van der Waals surface area contributed by atoms with Gasteiger partial charge in [0.2, 0.25) is 0 Å². The molecule has 0 spiro atoms. The van der Waals surface area contributed by atoms with Crippen LogP contribution in [0.15, 0.2) is 77.7 Å². The number of carbonyl (C=O) groups excluding carboxylic acids is 1. The molecule has 0 aromatic heterocycles. The summed E-state index contributed by atoms with van der Waals surface area (Å²) in [6, 6.07) is 19.6. The Labute approximate surface area is 201 Å². The highest BCUT2D eigenvalue weighted by Gasteiger charge is 2.37. The maximum absolute atomic E-state index is 13.3. The molecule has 1 amide bonds. The van der Waals surface area contributed by atoms with Crippen LogP contribution in [0, 0.1) is 0 Å². The van der Waals surface area contributed by atoms with Gasteiger partial charge in [0.25, 0.3) is 15.9 Å². The number of fused-ring (bicyclic) bond motifs is 1. The van der Waals surface area contributed by atoms with Gasteiger partial charge in [-0.05, 0) is 48.5 Å². The van der Waals surface area contributed by atoms with E-state index in [2.05, 4.69) is 5.32 Å². The molecular formula is C23H20Cl2N2O5S. The molecule has 0 saturated carbocycles. The number of ether oxygens (including phenoxy) is 2. The van der Waals surface area contributed by atoms with E-state index in [1.165, 1.54) is 28.6 Å². The molecular weight excluding hydrogens is 487 g/mol. The molecule has 172 valence electrons. The highest BCUT2D eigenvalue weighted by atomic mass is 35.5. The second-order valence-corrected chi connectivity index (χ2v) is 9.84. The third-order valence-corrected chi connectivity index (χ3v) is 7.28. The summed E-state index contributed by atoms with van der Waals surface area (Å²) in [6.07, 6.45) is -1.04. The second-order valence-electron chi connectivity index (χ2n) is 7.13. The third kappa shape index (κ3) is 5.19. The molecule has 4 rings (SSSR count). The number of amides is 1. The van der Waals surface area contributed by atoms with E-state index in [-0.39, 0.29) is 24.6 Å². The summed E-state index contributed by atoms with van der Waals surface area (Å²) in [5, 5.41) is 3.62. The number of nitrogens with zero attached hydrogens (tertiary/aromatic N) is 1. The van der Waals surface area contributed by atoms with Crippen molar-refractivity contribution in [3.05, 3.63) is 82.8 Å². The van der Waals surface area contributed by atoms with Crippen LogP contribution in [-0.2, 0) is 14.8 Å². The van der Waals surface area contributed by atoms with E-state index < -0.39 is 22.0 Å². The summed E-state index contributed by atoms with van der Waals surface area (Å²) in [5.41, 5.74) is 0.360. The van der Waals surface area contributed by atoms with Crippen LogP contribution in [-0.4, -0.2) is 40.1 Å². The highest BCUT2D eigenvalue weighted by molar-refractivity contribution is 7.92. The summed E-state index contributed by atoms with van der Waals surface area (Å²) in [7, 11) is -3.95. The normalized spacial score (nSPS) is 15.3. The first-order chi connectivity index (χ1) is 15.9. The number of nitrogens with one attached hydrogen (secondary N) is 1. The van der Waals surface area contributed by atoms with Crippen molar-refractivity contribution in [2.24, 2.45) is 0 Å². The number of halogens is 2. The van der Waals surface area contributed by atoms with Gasteiger partial charge in [0.05, 0.1) is 28.7 Å². The first-order valence-electron chi connectivity index (χ1n) is 10.1. The minimum Gasteiger partial charge on any atom is -0.490 e. The standard InChI is InChI=1S/C23H20Cl2N2O5S/c24-16-9-11-17(12-10-16)33(29,30)27-15-22(32-21-8-4-2-6-19(21)27)23(28)26-13-14-31-20-7-3-1-5-18(20)25/h1-12,22H,13-15H2,(H,26,28)/t22-/m0/s1. The lowest BCUT2D eigenvalue weighted by molar-refractivity contribution is -0.127. The Balaban J connectivity index is 1.47. The van der Waals surface area contributed by atoms with Gasteiger partial charge >= 0.3 is 0 Å². The molecule has 1 aliphatic heterocycles. The minimum absolute atomic E-state index is 0.0656. The minimum atomic E-state index is -3.95. The number of para-hydroxylation sites is 3. The maximum atomic E-state index is 13.3. The van der Waals surface area contributed by atoms with Crippen LogP contribution in [0.4, 0.5) is 5.69 Å². The van der Waals surface area contributed by atoms with Crippen molar-refractivity contribution in [1.82, 2.24) is 5.32 Å². The number of rotatable bonds is 7. The van der Waals surface area contributed by atoms with Crippen LogP contribution in [0.5, 0.6) is 11.5 Å². The van der Waals surface area contributed by atoms with Crippen molar-refractivity contribution in [3.8, 4) is 11.5 Å². The Morgan fingerprint density at radius 1 is 1.03 bits per heavy atom. The van der Waals surface area contributed by atoms with Crippen molar-refractivity contribution < 1.29 is 22.7 Å². The lowest BCUT2D eigenvalue weighted by Crippen LogP contribution is -2.51. The molecule has 1 heterocycles. The molecule has 1 N–H and O–H groups in total. The van der Waals surface area contributed by atoms with Gasteiger partial charge < -0.3 is 14.8 Å². The van der Waals surface area contributed by atoms with E-state index in [9.17, 15) is 13.2 Å². The Morgan fingerprint density at radius 2 is 1.73 bits per heavy atom. The van der Waals surface area contributed by atoms with E-state index >= 15 is 0 Å². The zero-order valence-corrected chi connectivity index (χ0v) is 19.6. The molecule has 3 aromatic rings. The lowest BCUT2D eigenvalue weighted by atomic mass is 10.2. The van der Waals surface area contributed by atoms with Crippen LogP contribution >= 0.6 is 23.2 Å². The van der Waals surface area contributed by atoms with Crippen LogP contribution < -0.4 is 19.1 Å². The summed E-state index contributed by atoms with van der Waals surface area (Å²) in [6.45, 7) is 0.195. The first-order valence-corrected chi connectivity index (χ1v) is 12.2. The highest BCUT2D eigenvalue weighted by Crippen LogP contribution is 2.37. The molecule has 33 heavy (non-hydrogen) atoms. The summed E-state index contributed by atoms with van der Waals surface area (Å²) >= 11 is 12.0. The molecule has 0 aliphatic carbocycles. The van der Waals surface area contributed by atoms with E-state index in [0.29, 0.717) is 27.2 Å². The molecule has 10 heteroatoms. The smallest absolute Gasteiger partial charge is 0.264 e. The number of carbonyl (C=O) groups is 1. The van der Waals surface area contributed by atoms with E-state index in [0.717, 1.165) is 0 Å². The Bertz CT molecular complexity index is 1250. The molecule has 7 nitrogen and oxygen atoms in total. The molecule has 1 aliphatic rings. The monoisotopic (exact) mass is 506 g/mol. The predicted molar refractivity (Wildman–Crippen MR) is 127 cm³/mol. The molecule has 3 aromatic carbocycles. The second kappa shape index (κ2) is 9.91. The van der Waals surface area contributed by atoms with Crippen molar-refractivity contribution >= 4 is 44.8 Å². The third-order valence-electron chi connectivity index (χ3n) is 4.92. The van der Waals surface area contributed by atoms with E-state index in [1.807, 2.05) is 0 Å². The van der Waals surface area contributed by atoms with Crippen LogP contribution in [0.1, 0.15) is 0 Å².